The Balaban J connectivity index is 2.11. The number of hydrogen-bond donors (Lipinski definition) is 2. The van der Waals surface area contributed by atoms with E-state index in [0.717, 1.165) is 23.9 Å². The normalized spacial score (nSPS) is 12.9. The summed E-state index contributed by atoms with van der Waals surface area (Å²) in [6.07, 6.45) is 0. The van der Waals surface area contributed by atoms with E-state index >= 15 is 0 Å². The topological polar surface area (TPSA) is 85.8 Å². The Morgan fingerprint density at radius 3 is 2.38 bits per heavy atom. The minimum Gasteiger partial charge on any atom is -0.336 e. The molecule has 24 heavy (non-hydrogen) atoms. The molecule has 130 valence electrons. The average molecular weight is 355 g/mol. The van der Waals surface area contributed by atoms with Gasteiger partial charge in [0.1, 0.15) is 17.3 Å². The second-order valence-corrected chi connectivity index (χ2v) is 7.58. The Hall–Kier alpha value is -2.16. The number of thioether (sulfide) groups is 1. The van der Waals surface area contributed by atoms with Gasteiger partial charge in [0, 0.05) is 5.41 Å². The van der Waals surface area contributed by atoms with Crippen LogP contribution < -0.4 is 11.2 Å². The number of nitrogen functional groups attached to an aromatic ring is 1. The lowest BCUT2D eigenvalue weighted by molar-refractivity contribution is -0.115. The molecule has 9 heteroatoms. The number of halogens is 2. The van der Waals surface area contributed by atoms with Gasteiger partial charge in [-0.25, -0.2) is 13.5 Å². The van der Waals surface area contributed by atoms with Crippen molar-refractivity contribution >= 4 is 23.4 Å². The second-order valence-electron chi connectivity index (χ2n) is 6.27. The average Bonchev–Trinajstić information content (AvgIpc) is 2.84. The van der Waals surface area contributed by atoms with Crippen molar-refractivity contribution in [2.45, 2.75) is 43.5 Å². The van der Waals surface area contributed by atoms with Gasteiger partial charge >= 0.3 is 0 Å². The number of benzene rings is 1. The van der Waals surface area contributed by atoms with Crippen LogP contribution in [0.25, 0.3) is 0 Å². The summed E-state index contributed by atoms with van der Waals surface area (Å²) in [7, 11) is 0. The smallest absolute Gasteiger partial charge is 0.237 e. The largest absolute Gasteiger partial charge is 0.336 e. The fourth-order valence-corrected chi connectivity index (χ4v) is 2.69. The molecule has 2 rings (SSSR count). The zero-order valence-corrected chi connectivity index (χ0v) is 14.6. The first-order chi connectivity index (χ1) is 11.1. The number of nitrogens with zero attached hydrogens (tertiary/aromatic N) is 3. The van der Waals surface area contributed by atoms with Gasteiger partial charge in [0.2, 0.25) is 11.1 Å². The maximum atomic E-state index is 13.6. The number of hydrogen-bond acceptors (Lipinski definition) is 5. The highest BCUT2D eigenvalue weighted by Crippen LogP contribution is 2.27. The van der Waals surface area contributed by atoms with Gasteiger partial charge < -0.3 is 11.2 Å². The summed E-state index contributed by atoms with van der Waals surface area (Å²) in [5, 5.41) is 9.91. The van der Waals surface area contributed by atoms with Gasteiger partial charge in [-0.05, 0) is 19.1 Å². The number of carbonyl (C=O) groups is 1. The highest BCUT2D eigenvalue weighted by Gasteiger charge is 2.26. The van der Waals surface area contributed by atoms with Gasteiger partial charge in [-0.1, -0.05) is 38.6 Å². The molecule has 0 radical (unpaired) electrons. The zero-order chi connectivity index (χ0) is 18.1. The van der Waals surface area contributed by atoms with Crippen molar-refractivity contribution in [3.63, 3.8) is 0 Å². The van der Waals surface area contributed by atoms with Crippen molar-refractivity contribution in [2.24, 2.45) is 0 Å². The van der Waals surface area contributed by atoms with E-state index in [0.29, 0.717) is 11.0 Å². The first kappa shape index (κ1) is 18.2. The Kier molecular flexibility index (Phi) is 5.12. The number of carbonyl (C=O) groups excluding carboxylic acids is 1. The number of amides is 1. The number of rotatable bonds is 4. The summed E-state index contributed by atoms with van der Waals surface area (Å²) in [5.74, 6) is 4.29. The quantitative estimate of drug-likeness (QED) is 0.650. The molecule has 6 nitrogen and oxygen atoms in total. The van der Waals surface area contributed by atoms with Crippen LogP contribution in [0.15, 0.2) is 23.4 Å². The van der Waals surface area contributed by atoms with Crippen LogP contribution in [-0.2, 0) is 10.2 Å². The Morgan fingerprint density at radius 1 is 1.29 bits per heavy atom. The molecule has 0 fully saturated rings. The molecule has 1 aromatic carbocycles. The van der Waals surface area contributed by atoms with Crippen LogP contribution in [0.4, 0.5) is 14.5 Å². The lowest BCUT2D eigenvalue weighted by Gasteiger charge is -2.17. The van der Waals surface area contributed by atoms with Crippen molar-refractivity contribution in [1.29, 1.82) is 0 Å². The van der Waals surface area contributed by atoms with Crippen LogP contribution >= 0.6 is 11.8 Å². The summed E-state index contributed by atoms with van der Waals surface area (Å²) in [5.41, 5.74) is -0.776. The van der Waals surface area contributed by atoms with E-state index in [1.165, 1.54) is 10.7 Å². The van der Waals surface area contributed by atoms with E-state index in [1.807, 2.05) is 20.8 Å². The predicted octanol–water partition coefficient (Wildman–Crippen LogP) is 2.69. The molecule has 0 spiro atoms. The molecular weight excluding hydrogens is 336 g/mol. The third kappa shape index (κ3) is 3.84. The number of aromatic nitrogens is 3. The molecule has 1 aromatic heterocycles. The highest BCUT2D eigenvalue weighted by atomic mass is 32.2. The van der Waals surface area contributed by atoms with Crippen molar-refractivity contribution in [2.75, 3.05) is 11.2 Å². The third-order valence-electron chi connectivity index (χ3n) is 3.20. The predicted molar refractivity (Wildman–Crippen MR) is 89.2 cm³/mol. The first-order valence-corrected chi connectivity index (χ1v) is 8.11. The van der Waals surface area contributed by atoms with Crippen LogP contribution in [0.1, 0.15) is 33.5 Å². The van der Waals surface area contributed by atoms with E-state index in [2.05, 4.69) is 15.5 Å². The van der Waals surface area contributed by atoms with Crippen LogP contribution in [0, 0.1) is 11.6 Å². The number of nitrogens with two attached hydrogens (primary N) is 1. The summed E-state index contributed by atoms with van der Waals surface area (Å²) < 4.78 is 28.5. The molecule has 0 aliphatic carbocycles. The minimum atomic E-state index is -0.836. The fourth-order valence-electron chi connectivity index (χ4n) is 1.92. The summed E-state index contributed by atoms with van der Waals surface area (Å²) in [6, 6.07) is 3.37. The maximum Gasteiger partial charge on any atom is 0.237 e. The Morgan fingerprint density at radius 2 is 1.88 bits per heavy atom. The second kappa shape index (κ2) is 6.76. The lowest BCUT2D eigenvalue weighted by Crippen LogP contribution is -2.26. The van der Waals surface area contributed by atoms with Crippen LogP contribution in [0.5, 0.6) is 0 Å². The monoisotopic (exact) mass is 355 g/mol. The lowest BCUT2D eigenvalue weighted by atomic mass is 9.96. The Bertz CT molecular complexity index is 737. The van der Waals surface area contributed by atoms with E-state index in [-0.39, 0.29) is 5.41 Å². The van der Waals surface area contributed by atoms with Gasteiger partial charge in [0.05, 0.1) is 5.25 Å². The van der Waals surface area contributed by atoms with Crippen molar-refractivity contribution in [3.8, 4) is 0 Å². The van der Waals surface area contributed by atoms with Crippen molar-refractivity contribution in [3.05, 3.63) is 35.7 Å². The molecule has 2 aromatic rings. The molecule has 1 amide bonds. The molecule has 0 saturated heterocycles. The summed E-state index contributed by atoms with van der Waals surface area (Å²) in [6.45, 7) is 7.40. The standard InChI is InChI=1S/C15H19F2N5OS/c1-8(12(23)19-11-9(16)6-5-7-10(11)17)24-14-21-20-13(22(14)18)15(2,3)4/h5-8H,18H2,1-4H3,(H,19,23). The van der Waals surface area contributed by atoms with Crippen LogP contribution in [0.3, 0.4) is 0 Å². The molecule has 3 N–H and O–H groups in total. The van der Waals surface area contributed by atoms with E-state index in [1.54, 1.807) is 6.92 Å². The van der Waals surface area contributed by atoms with E-state index < -0.39 is 28.5 Å². The van der Waals surface area contributed by atoms with Crippen molar-refractivity contribution < 1.29 is 13.6 Å². The molecule has 1 unspecified atom stereocenters. The number of anilines is 1. The molecule has 1 atom stereocenters. The highest BCUT2D eigenvalue weighted by molar-refractivity contribution is 8.00. The summed E-state index contributed by atoms with van der Waals surface area (Å²) >= 11 is 1.05. The zero-order valence-electron chi connectivity index (χ0n) is 13.8. The SMILES string of the molecule is CC(Sc1nnc(C(C)(C)C)n1N)C(=O)Nc1c(F)cccc1F. The van der Waals surface area contributed by atoms with Crippen LogP contribution in [0.2, 0.25) is 0 Å². The number of nitrogens with one attached hydrogen (secondary N) is 1. The molecule has 0 aliphatic heterocycles. The third-order valence-corrected chi connectivity index (χ3v) is 4.25. The van der Waals surface area contributed by atoms with Gasteiger partial charge in [-0.15, -0.1) is 10.2 Å². The minimum absolute atomic E-state index is 0.303. The molecule has 1 heterocycles. The fraction of sp³-hybridized carbons (Fsp3) is 0.400. The Labute approximate surface area is 142 Å². The van der Waals surface area contributed by atoms with Crippen LogP contribution in [-0.4, -0.2) is 26.0 Å². The van der Waals surface area contributed by atoms with Gasteiger partial charge in [-0.2, -0.15) is 0 Å². The first-order valence-electron chi connectivity index (χ1n) is 7.23. The molecular formula is C15H19F2N5OS. The van der Waals surface area contributed by atoms with Gasteiger partial charge in [-0.3, -0.25) is 4.79 Å². The summed E-state index contributed by atoms with van der Waals surface area (Å²) in [4.78, 5) is 12.2. The molecule has 0 aliphatic rings. The van der Waals surface area contributed by atoms with Crippen molar-refractivity contribution in [1.82, 2.24) is 14.9 Å². The van der Waals surface area contributed by atoms with E-state index in [9.17, 15) is 13.6 Å². The van der Waals surface area contributed by atoms with E-state index in [4.69, 9.17) is 5.84 Å². The van der Waals surface area contributed by atoms with Gasteiger partial charge in [0.15, 0.2) is 5.82 Å². The van der Waals surface area contributed by atoms with Gasteiger partial charge in [0.25, 0.3) is 0 Å². The molecule has 0 saturated carbocycles. The molecule has 0 bridgehead atoms. The maximum absolute atomic E-state index is 13.6. The number of para-hydroxylation sites is 1.